The Kier molecular flexibility index (Phi) is 6.31. The van der Waals surface area contributed by atoms with Crippen LogP contribution in [0.2, 0.25) is 0 Å². The van der Waals surface area contributed by atoms with Gasteiger partial charge < -0.3 is 16.5 Å². The predicted octanol–water partition coefficient (Wildman–Crippen LogP) is 4.09. The summed E-state index contributed by atoms with van der Waals surface area (Å²) in [4.78, 5) is 13.0. The number of hydrogen-bond donors (Lipinski definition) is 4. The van der Waals surface area contributed by atoms with Gasteiger partial charge in [-0.05, 0) is 61.7 Å². The smallest absolute Gasteiger partial charge is 0.255 e. The number of amides is 1. The van der Waals surface area contributed by atoms with Crippen molar-refractivity contribution in [3.63, 3.8) is 0 Å². The van der Waals surface area contributed by atoms with Crippen molar-refractivity contribution in [3.05, 3.63) is 83.6 Å². The summed E-state index contributed by atoms with van der Waals surface area (Å²) in [5.41, 5.74) is 8.67. The number of rotatable bonds is 5. The van der Waals surface area contributed by atoms with E-state index < -0.39 is 10.0 Å². The van der Waals surface area contributed by atoms with Crippen LogP contribution in [-0.2, 0) is 10.0 Å². The van der Waals surface area contributed by atoms with Crippen LogP contribution in [0.15, 0.2) is 77.3 Å². The molecule has 1 atom stereocenters. The third-order valence-electron chi connectivity index (χ3n) is 5.93. The second-order valence-corrected chi connectivity index (χ2v) is 9.84. The molecule has 5 N–H and O–H groups in total. The number of nitrogens with one attached hydrogen (secondary N) is 3. The minimum absolute atomic E-state index is 0.144. The van der Waals surface area contributed by atoms with Gasteiger partial charge in [0.1, 0.15) is 0 Å². The number of nitrogens with two attached hydrogens (primary N) is 1. The minimum atomic E-state index is -3.84. The van der Waals surface area contributed by atoms with Crippen LogP contribution in [-0.4, -0.2) is 26.1 Å². The highest BCUT2D eigenvalue weighted by Crippen LogP contribution is 2.31. The molecular weight excluding hydrogens is 436 g/mol. The van der Waals surface area contributed by atoms with Crippen LogP contribution in [0.4, 0.5) is 5.69 Å². The molecule has 1 aliphatic rings. The first-order chi connectivity index (χ1) is 15.8. The Morgan fingerprint density at radius 1 is 1.06 bits per heavy atom. The van der Waals surface area contributed by atoms with Gasteiger partial charge in [-0.25, -0.2) is 13.1 Å². The molecule has 3 aromatic carbocycles. The average molecular weight is 463 g/mol. The van der Waals surface area contributed by atoms with Gasteiger partial charge in [0, 0.05) is 33.8 Å². The molecule has 33 heavy (non-hydrogen) atoms. The summed E-state index contributed by atoms with van der Waals surface area (Å²) in [6.45, 7) is 1.87. The maximum absolute atomic E-state index is 13.3. The van der Waals surface area contributed by atoms with Gasteiger partial charge in [0.15, 0.2) is 0 Å². The average Bonchev–Trinajstić information content (AvgIpc) is 2.80. The zero-order valence-corrected chi connectivity index (χ0v) is 19.1. The van der Waals surface area contributed by atoms with Crippen LogP contribution in [0.25, 0.3) is 10.8 Å². The first kappa shape index (κ1) is 22.7. The predicted molar refractivity (Wildman–Crippen MR) is 131 cm³/mol. The van der Waals surface area contributed by atoms with E-state index in [1.165, 1.54) is 12.3 Å². The Balaban J connectivity index is 1.65. The number of hydrogen-bond acceptors (Lipinski definition) is 5. The van der Waals surface area contributed by atoms with Gasteiger partial charge in [-0.2, -0.15) is 0 Å². The fourth-order valence-corrected chi connectivity index (χ4v) is 5.64. The summed E-state index contributed by atoms with van der Waals surface area (Å²) < 4.78 is 29.3. The molecule has 4 rings (SSSR count). The molecule has 1 amide bonds. The van der Waals surface area contributed by atoms with E-state index in [2.05, 4.69) is 10.0 Å². The Hall–Kier alpha value is -3.49. The van der Waals surface area contributed by atoms with Crippen LogP contribution in [0.1, 0.15) is 35.2 Å². The van der Waals surface area contributed by atoms with Crippen LogP contribution in [0.3, 0.4) is 0 Å². The Labute approximate surface area is 193 Å². The first-order valence-corrected chi connectivity index (χ1v) is 12.2. The van der Waals surface area contributed by atoms with Gasteiger partial charge in [0.25, 0.3) is 5.91 Å². The van der Waals surface area contributed by atoms with Crippen molar-refractivity contribution in [1.82, 2.24) is 4.72 Å². The number of aryl methyl sites for hydroxylation is 1. The van der Waals surface area contributed by atoms with Crippen LogP contribution < -0.4 is 15.8 Å². The molecule has 1 aliphatic carbocycles. The van der Waals surface area contributed by atoms with Crippen molar-refractivity contribution in [3.8, 4) is 0 Å². The summed E-state index contributed by atoms with van der Waals surface area (Å²) in [5, 5.41) is 12.0. The van der Waals surface area contributed by atoms with E-state index in [4.69, 9.17) is 11.1 Å². The van der Waals surface area contributed by atoms with Gasteiger partial charge in [-0.3, -0.25) is 4.79 Å². The molecule has 0 bridgehead atoms. The number of benzene rings is 3. The van der Waals surface area contributed by atoms with Gasteiger partial charge in [0.2, 0.25) is 10.0 Å². The molecule has 0 spiro atoms. The molecular formula is C25H26N4O3S. The highest BCUT2D eigenvalue weighted by molar-refractivity contribution is 7.89. The molecule has 3 aromatic rings. The van der Waals surface area contributed by atoms with Crippen LogP contribution >= 0.6 is 0 Å². The first-order valence-electron chi connectivity index (χ1n) is 10.7. The normalized spacial score (nSPS) is 17.9. The Morgan fingerprint density at radius 3 is 2.48 bits per heavy atom. The molecule has 8 heteroatoms. The van der Waals surface area contributed by atoms with E-state index >= 15 is 0 Å². The van der Waals surface area contributed by atoms with E-state index in [-0.39, 0.29) is 16.8 Å². The summed E-state index contributed by atoms with van der Waals surface area (Å²) in [6.07, 6.45) is 2.78. The molecule has 7 nitrogen and oxygen atoms in total. The highest BCUT2D eigenvalue weighted by Gasteiger charge is 2.27. The lowest BCUT2D eigenvalue weighted by Crippen LogP contribution is -2.38. The fourth-order valence-electron chi connectivity index (χ4n) is 4.15. The fraction of sp³-hybridized carbons (Fsp3) is 0.200. The molecule has 0 saturated heterocycles. The Morgan fingerprint density at radius 2 is 1.76 bits per heavy atom. The van der Waals surface area contributed by atoms with E-state index in [1.807, 2.05) is 19.1 Å². The van der Waals surface area contributed by atoms with Crippen molar-refractivity contribution in [2.45, 2.75) is 37.1 Å². The number of anilines is 1. The second-order valence-electron chi connectivity index (χ2n) is 8.16. The van der Waals surface area contributed by atoms with E-state index in [0.29, 0.717) is 52.6 Å². The lowest BCUT2D eigenvalue weighted by atomic mass is 9.90. The van der Waals surface area contributed by atoms with Crippen molar-refractivity contribution in [2.75, 3.05) is 5.32 Å². The number of carbonyl (C=O) groups is 1. The van der Waals surface area contributed by atoms with Gasteiger partial charge >= 0.3 is 0 Å². The van der Waals surface area contributed by atoms with E-state index in [1.54, 1.807) is 42.5 Å². The van der Waals surface area contributed by atoms with Gasteiger partial charge in [0.05, 0.1) is 4.90 Å². The summed E-state index contributed by atoms with van der Waals surface area (Å²) >= 11 is 0. The van der Waals surface area contributed by atoms with Crippen molar-refractivity contribution < 1.29 is 13.2 Å². The largest absolute Gasteiger partial charge is 0.404 e. The summed E-state index contributed by atoms with van der Waals surface area (Å²) in [5.74, 6) is -0.252. The molecule has 0 radical (unpaired) electrons. The quantitative estimate of drug-likeness (QED) is 0.456. The minimum Gasteiger partial charge on any atom is -0.404 e. The second kappa shape index (κ2) is 9.17. The summed E-state index contributed by atoms with van der Waals surface area (Å²) in [6, 6.07) is 17.2. The zero-order chi connectivity index (χ0) is 23.6. The van der Waals surface area contributed by atoms with Gasteiger partial charge in [-0.15, -0.1) is 0 Å². The maximum Gasteiger partial charge on any atom is 0.255 e. The molecule has 0 aromatic heterocycles. The Bertz CT molecular complexity index is 1380. The van der Waals surface area contributed by atoms with Crippen molar-refractivity contribution in [2.24, 2.45) is 5.73 Å². The standard InChI is InChI=1S/C25H26N4O3S/c1-16-6-2-3-7-19(16)25(30)28-23-12-13-24(21-9-5-4-8-20(21)23)33(31,32)29-18-10-11-22(27)17(14-18)15-26/h2-9,12-13,15,18,27,29H,10-11,14,26H2,1H3,(H,28,30)/b17-15-,27-22?. The molecule has 1 fully saturated rings. The molecule has 1 saturated carbocycles. The van der Waals surface area contributed by atoms with Crippen LogP contribution in [0.5, 0.6) is 0 Å². The lowest BCUT2D eigenvalue weighted by Gasteiger charge is -2.25. The van der Waals surface area contributed by atoms with Gasteiger partial charge in [-0.1, -0.05) is 42.5 Å². The SMILES string of the molecule is Cc1ccccc1C(=O)Nc1ccc(S(=O)(=O)NC2CCC(=N)/C(=C\N)C2)c2ccccc12. The molecule has 170 valence electrons. The maximum atomic E-state index is 13.3. The third-order valence-corrected chi connectivity index (χ3v) is 7.51. The number of fused-ring (bicyclic) bond motifs is 1. The van der Waals surface area contributed by atoms with E-state index in [9.17, 15) is 13.2 Å². The van der Waals surface area contributed by atoms with E-state index in [0.717, 1.165) is 5.56 Å². The molecule has 0 aliphatic heterocycles. The molecule has 0 heterocycles. The third kappa shape index (κ3) is 4.67. The number of carbonyl (C=O) groups excluding carboxylic acids is 1. The highest BCUT2D eigenvalue weighted by atomic mass is 32.2. The van der Waals surface area contributed by atoms with Crippen molar-refractivity contribution in [1.29, 1.82) is 5.41 Å². The lowest BCUT2D eigenvalue weighted by molar-refractivity contribution is 0.102. The molecule has 1 unspecified atom stereocenters. The van der Waals surface area contributed by atoms with Crippen LogP contribution in [0, 0.1) is 12.3 Å². The number of sulfonamides is 1. The monoisotopic (exact) mass is 462 g/mol. The zero-order valence-electron chi connectivity index (χ0n) is 18.3. The summed E-state index contributed by atoms with van der Waals surface area (Å²) in [7, 11) is -3.84. The van der Waals surface area contributed by atoms with Crippen molar-refractivity contribution >= 4 is 38.1 Å². The topological polar surface area (TPSA) is 125 Å².